The Morgan fingerprint density at radius 1 is 1.21 bits per heavy atom. The highest BCUT2D eigenvalue weighted by Crippen LogP contribution is 2.33. The highest BCUT2D eigenvalue weighted by atomic mass is 16.5. The summed E-state index contributed by atoms with van der Waals surface area (Å²) in [6, 6.07) is 13.1. The average Bonchev–Trinajstić information content (AvgIpc) is 2.71. The summed E-state index contributed by atoms with van der Waals surface area (Å²) < 4.78 is 11.6. The van der Waals surface area contributed by atoms with Crippen molar-refractivity contribution < 1.29 is 19.1 Å². The number of carbonyl (C=O) groups is 2. The Balaban J connectivity index is 1.75. The molecule has 0 bridgehead atoms. The van der Waals surface area contributed by atoms with Gasteiger partial charge in [-0.1, -0.05) is 31.2 Å². The molecule has 6 nitrogen and oxygen atoms in total. The van der Waals surface area contributed by atoms with E-state index in [1.807, 2.05) is 57.2 Å². The Morgan fingerprint density at radius 3 is 2.79 bits per heavy atom. The lowest BCUT2D eigenvalue weighted by molar-refractivity contribution is -0.128. The third kappa shape index (κ3) is 4.44. The zero-order valence-electron chi connectivity index (χ0n) is 16.5. The van der Waals surface area contributed by atoms with Crippen molar-refractivity contribution in [2.24, 2.45) is 0 Å². The molecule has 1 atom stereocenters. The molecule has 0 radical (unpaired) electrons. The molecule has 0 spiro atoms. The van der Waals surface area contributed by atoms with Crippen LogP contribution >= 0.6 is 0 Å². The zero-order chi connectivity index (χ0) is 20.1. The number of amides is 2. The number of anilines is 1. The quantitative estimate of drug-likeness (QED) is 0.834. The lowest BCUT2D eigenvalue weighted by Gasteiger charge is -2.34. The number of hydrogen-bond donors (Lipinski definition) is 1. The summed E-state index contributed by atoms with van der Waals surface area (Å²) in [4.78, 5) is 26.9. The number of carbonyl (C=O) groups excluding carboxylic acids is 2. The maximum absolute atomic E-state index is 12.9. The first-order valence-electron chi connectivity index (χ1n) is 9.53. The molecule has 1 N–H and O–H groups in total. The Bertz CT molecular complexity index is 865. The number of nitrogens with zero attached hydrogens (tertiary/aromatic N) is 1. The van der Waals surface area contributed by atoms with E-state index in [4.69, 9.17) is 9.47 Å². The van der Waals surface area contributed by atoms with Gasteiger partial charge in [0.2, 0.25) is 0 Å². The molecular formula is C22H26N2O4. The molecule has 0 saturated heterocycles. The molecule has 0 aromatic heterocycles. The Hall–Kier alpha value is -3.02. The zero-order valence-corrected chi connectivity index (χ0v) is 16.5. The summed E-state index contributed by atoms with van der Waals surface area (Å²) in [5.74, 6) is 0.771. The molecule has 0 fully saturated rings. The van der Waals surface area contributed by atoms with Crippen molar-refractivity contribution in [2.75, 3.05) is 24.6 Å². The molecule has 148 valence electrons. The number of hydrogen-bond acceptors (Lipinski definition) is 4. The van der Waals surface area contributed by atoms with Crippen LogP contribution < -0.4 is 19.7 Å². The summed E-state index contributed by atoms with van der Waals surface area (Å²) in [6.07, 6.45) is 0.0904. The Labute approximate surface area is 165 Å². The van der Waals surface area contributed by atoms with Gasteiger partial charge in [0.1, 0.15) is 11.5 Å². The number of rotatable bonds is 6. The number of aryl methyl sites for hydroxylation is 2. The van der Waals surface area contributed by atoms with E-state index in [-0.39, 0.29) is 25.0 Å². The van der Waals surface area contributed by atoms with Gasteiger partial charge in [-0.25, -0.2) is 0 Å². The smallest absolute Gasteiger partial charge is 0.265 e. The van der Waals surface area contributed by atoms with Gasteiger partial charge in [0, 0.05) is 6.54 Å². The summed E-state index contributed by atoms with van der Waals surface area (Å²) >= 11 is 0. The van der Waals surface area contributed by atoms with Gasteiger partial charge in [-0.3, -0.25) is 9.59 Å². The number of ether oxygens (including phenoxy) is 2. The molecule has 3 rings (SSSR count). The lowest BCUT2D eigenvalue weighted by Crippen LogP contribution is -2.51. The maximum atomic E-state index is 12.9. The van der Waals surface area contributed by atoms with E-state index in [1.165, 1.54) is 0 Å². The molecule has 6 heteroatoms. The van der Waals surface area contributed by atoms with Crippen LogP contribution in [0.1, 0.15) is 24.5 Å². The molecule has 0 unspecified atom stereocenters. The van der Waals surface area contributed by atoms with Gasteiger partial charge in [-0.2, -0.15) is 0 Å². The molecule has 2 amide bonds. The van der Waals surface area contributed by atoms with E-state index in [2.05, 4.69) is 5.32 Å². The normalized spacial score (nSPS) is 15.4. The van der Waals surface area contributed by atoms with Gasteiger partial charge in [0.15, 0.2) is 12.7 Å². The fourth-order valence-electron chi connectivity index (χ4n) is 3.05. The van der Waals surface area contributed by atoms with Crippen molar-refractivity contribution in [3.63, 3.8) is 0 Å². The maximum Gasteiger partial charge on any atom is 0.265 e. The van der Waals surface area contributed by atoms with Gasteiger partial charge in [0.05, 0.1) is 12.2 Å². The predicted octanol–water partition coefficient (Wildman–Crippen LogP) is 3.00. The minimum Gasteiger partial charge on any atom is -0.483 e. The van der Waals surface area contributed by atoms with E-state index >= 15 is 0 Å². The van der Waals surface area contributed by atoms with Crippen LogP contribution in [0, 0.1) is 13.8 Å². The topological polar surface area (TPSA) is 67.9 Å². The van der Waals surface area contributed by atoms with Crippen molar-refractivity contribution in [3.05, 3.63) is 53.6 Å². The second kappa shape index (κ2) is 8.78. The molecular weight excluding hydrogens is 356 g/mol. The molecule has 0 aliphatic carbocycles. The van der Waals surface area contributed by atoms with Crippen LogP contribution in [0.3, 0.4) is 0 Å². The van der Waals surface area contributed by atoms with Gasteiger partial charge < -0.3 is 19.7 Å². The Kier molecular flexibility index (Phi) is 6.19. The SMILES string of the molecule is CCCNC(=O)[C@H]1CN(C(=O)COc2cc(C)ccc2C)c2ccccc2O1. The molecule has 1 aliphatic heterocycles. The number of benzene rings is 2. The van der Waals surface area contributed by atoms with Gasteiger partial charge in [-0.05, 0) is 49.6 Å². The monoisotopic (exact) mass is 382 g/mol. The van der Waals surface area contributed by atoms with Crippen LogP contribution in [-0.4, -0.2) is 37.6 Å². The summed E-state index contributed by atoms with van der Waals surface area (Å²) in [7, 11) is 0. The largest absolute Gasteiger partial charge is 0.483 e. The van der Waals surface area contributed by atoms with E-state index in [0.717, 1.165) is 17.5 Å². The van der Waals surface area contributed by atoms with Crippen LogP contribution in [-0.2, 0) is 9.59 Å². The van der Waals surface area contributed by atoms with Crippen molar-refractivity contribution in [1.82, 2.24) is 5.32 Å². The van der Waals surface area contributed by atoms with E-state index < -0.39 is 6.10 Å². The third-order valence-corrected chi connectivity index (χ3v) is 4.61. The fourth-order valence-corrected chi connectivity index (χ4v) is 3.05. The summed E-state index contributed by atoms with van der Waals surface area (Å²) in [6.45, 7) is 6.52. The lowest BCUT2D eigenvalue weighted by atomic mass is 10.1. The molecule has 2 aromatic carbocycles. The van der Waals surface area contributed by atoms with Crippen LogP contribution in [0.5, 0.6) is 11.5 Å². The van der Waals surface area contributed by atoms with Crippen molar-refractivity contribution in [3.8, 4) is 11.5 Å². The van der Waals surface area contributed by atoms with Crippen molar-refractivity contribution in [2.45, 2.75) is 33.3 Å². The summed E-state index contributed by atoms with van der Waals surface area (Å²) in [5.41, 5.74) is 2.69. The molecule has 1 aliphatic rings. The van der Waals surface area contributed by atoms with Gasteiger partial charge in [-0.15, -0.1) is 0 Å². The van der Waals surface area contributed by atoms with Crippen LogP contribution in [0.25, 0.3) is 0 Å². The molecule has 28 heavy (non-hydrogen) atoms. The second-order valence-electron chi connectivity index (χ2n) is 6.93. The van der Waals surface area contributed by atoms with Crippen molar-refractivity contribution >= 4 is 17.5 Å². The van der Waals surface area contributed by atoms with Crippen molar-refractivity contribution in [1.29, 1.82) is 0 Å². The first-order chi connectivity index (χ1) is 13.5. The first-order valence-corrected chi connectivity index (χ1v) is 9.53. The van der Waals surface area contributed by atoms with Crippen LogP contribution in [0.15, 0.2) is 42.5 Å². The Morgan fingerprint density at radius 2 is 2.00 bits per heavy atom. The van der Waals surface area contributed by atoms with Crippen LogP contribution in [0.4, 0.5) is 5.69 Å². The number of para-hydroxylation sites is 2. The molecule has 0 saturated carbocycles. The standard InChI is InChI=1S/C22H26N2O4/c1-4-11-23-22(26)20-13-24(17-7-5-6-8-18(17)28-20)21(25)14-27-19-12-15(2)9-10-16(19)3/h5-10,12,20H,4,11,13-14H2,1-3H3,(H,23,26)/t20-/m1/s1. The summed E-state index contributed by atoms with van der Waals surface area (Å²) in [5, 5.41) is 2.83. The van der Waals surface area contributed by atoms with Gasteiger partial charge in [0.25, 0.3) is 11.8 Å². The molecule has 1 heterocycles. The minimum absolute atomic E-state index is 0.109. The van der Waals surface area contributed by atoms with E-state index in [1.54, 1.807) is 11.0 Å². The molecule has 2 aromatic rings. The van der Waals surface area contributed by atoms with Crippen LogP contribution in [0.2, 0.25) is 0 Å². The predicted molar refractivity (Wildman–Crippen MR) is 108 cm³/mol. The highest BCUT2D eigenvalue weighted by molar-refractivity contribution is 5.98. The van der Waals surface area contributed by atoms with E-state index in [9.17, 15) is 9.59 Å². The number of fused-ring (bicyclic) bond motifs is 1. The highest BCUT2D eigenvalue weighted by Gasteiger charge is 2.33. The first kappa shape index (κ1) is 19.7. The average molecular weight is 382 g/mol. The van der Waals surface area contributed by atoms with E-state index in [0.29, 0.717) is 23.7 Å². The van der Waals surface area contributed by atoms with Gasteiger partial charge >= 0.3 is 0 Å². The second-order valence-corrected chi connectivity index (χ2v) is 6.93. The fraction of sp³-hybridized carbons (Fsp3) is 0.364. The number of nitrogens with one attached hydrogen (secondary N) is 1. The third-order valence-electron chi connectivity index (χ3n) is 4.61. The minimum atomic E-state index is -0.744.